The molecule has 23 heavy (non-hydrogen) atoms. The molecule has 8 heteroatoms. The van der Waals surface area contributed by atoms with Crippen molar-refractivity contribution in [3.8, 4) is 0 Å². The van der Waals surface area contributed by atoms with Crippen molar-refractivity contribution in [2.75, 3.05) is 26.7 Å². The first kappa shape index (κ1) is 16.1. The van der Waals surface area contributed by atoms with Crippen LogP contribution < -0.4 is 10.6 Å². The average Bonchev–Trinajstić information content (AvgIpc) is 3.02. The van der Waals surface area contributed by atoms with Gasteiger partial charge in [-0.1, -0.05) is 27.2 Å². The van der Waals surface area contributed by atoms with E-state index in [2.05, 4.69) is 41.6 Å². The summed E-state index contributed by atoms with van der Waals surface area (Å²) >= 11 is 3.35. The van der Waals surface area contributed by atoms with Gasteiger partial charge >= 0.3 is 0 Å². The van der Waals surface area contributed by atoms with Gasteiger partial charge in [-0.05, 0) is 25.2 Å². The van der Waals surface area contributed by atoms with E-state index in [0.29, 0.717) is 17.3 Å². The van der Waals surface area contributed by atoms with Crippen molar-refractivity contribution >= 4 is 21.8 Å². The monoisotopic (exact) mass is 379 g/mol. The van der Waals surface area contributed by atoms with E-state index < -0.39 is 0 Å². The van der Waals surface area contributed by atoms with Gasteiger partial charge in [0.05, 0.1) is 12.6 Å². The van der Waals surface area contributed by atoms with Gasteiger partial charge in [0, 0.05) is 29.7 Å². The van der Waals surface area contributed by atoms with E-state index in [-0.39, 0.29) is 18.5 Å². The van der Waals surface area contributed by atoms with Gasteiger partial charge < -0.3 is 15.2 Å². The summed E-state index contributed by atoms with van der Waals surface area (Å²) in [4.78, 5) is 18.7. The molecule has 0 spiro atoms. The lowest BCUT2D eigenvalue weighted by Crippen LogP contribution is -2.44. The smallest absolute Gasteiger partial charge is 0.251 e. The molecule has 0 saturated carbocycles. The molecule has 0 bridgehead atoms. The highest BCUT2D eigenvalue weighted by Crippen LogP contribution is 2.17. The molecule has 1 unspecified atom stereocenters. The summed E-state index contributed by atoms with van der Waals surface area (Å²) in [6.07, 6.45) is 0. The van der Waals surface area contributed by atoms with Gasteiger partial charge in [-0.15, -0.1) is 0 Å². The molecular formula is C15H18BrN5O2. The summed E-state index contributed by atoms with van der Waals surface area (Å²) in [6.45, 7) is 2.90. The Morgan fingerprint density at radius 2 is 2.43 bits per heavy atom. The number of hydrogen-bond acceptors (Lipinski definition) is 6. The minimum atomic E-state index is -0.178. The highest BCUT2D eigenvalue weighted by molar-refractivity contribution is 9.10. The topological polar surface area (TPSA) is 83.3 Å². The van der Waals surface area contributed by atoms with Gasteiger partial charge in [0.25, 0.3) is 5.91 Å². The van der Waals surface area contributed by atoms with Gasteiger partial charge in [-0.25, -0.2) is 0 Å². The van der Waals surface area contributed by atoms with Crippen molar-refractivity contribution in [1.29, 1.82) is 0 Å². The summed E-state index contributed by atoms with van der Waals surface area (Å²) < 4.78 is 6.10. The summed E-state index contributed by atoms with van der Waals surface area (Å²) in [5.74, 6) is 0.872. The predicted octanol–water partition coefficient (Wildman–Crippen LogP) is 1.34. The maximum atomic E-state index is 12.1. The van der Waals surface area contributed by atoms with Crippen molar-refractivity contribution in [2.45, 2.75) is 12.6 Å². The molecular weight excluding hydrogens is 362 g/mol. The lowest BCUT2D eigenvalue weighted by molar-refractivity contribution is 0.0946. The van der Waals surface area contributed by atoms with Crippen LogP contribution in [0, 0.1) is 0 Å². The number of piperazine rings is 1. The highest BCUT2D eigenvalue weighted by Gasteiger charge is 2.25. The summed E-state index contributed by atoms with van der Waals surface area (Å²) in [6, 6.07) is 7.30. The molecule has 2 heterocycles. The van der Waals surface area contributed by atoms with Crippen LogP contribution in [0.3, 0.4) is 0 Å². The van der Waals surface area contributed by atoms with Crippen LogP contribution in [0.4, 0.5) is 0 Å². The van der Waals surface area contributed by atoms with Crippen LogP contribution in [0.1, 0.15) is 28.1 Å². The first-order chi connectivity index (χ1) is 11.1. The van der Waals surface area contributed by atoms with Crippen LogP contribution in [0.25, 0.3) is 0 Å². The molecule has 0 radical (unpaired) electrons. The fourth-order valence-corrected chi connectivity index (χ4v) is 2.86. The molecule has 2 aromatic rings. The largest absolute Gasteiger partial charge is 0.343 e. The minimum absolute atomic E-state index is 0.0991. The third kappa shape index (κ3) is 3.95. The number of likely N-dealkylation sites (N-methyl/N-ethyl adjacent to an activating group) is 1. The first-order valence-electron chi connectivity index (χ1n) is 7.40. The Kier molecular flexibility index (Phi) is 5.04. The van der Waals surface area contributed by atoms with E-state index in [1.54, 1.807) is 12.1 Å². The van der Waals surface area contributed by atoms with Crippen LogP contribution in [0.2, 0.25) is 0 Å². The molecule has 1 aromatic heterocycles. The normalized spacial score (nSPS) is 18.8. The second-order valence-electron chi connectivity index (χ2n) is 5.44. The predicted molar refractivity (Wildman–Crippen MR) is 87.9 cm³/mol. The van der Waals surface area contributed by atoms with Gasteiger partial charge in [-0.2, -0.15) is 4.98 Å². The fourth-order valence-electron chi connectivity index (χ4n) is 2.46. The quantitative estimate of drug-likeness (QED) is 0.833. The number of hydrogen-bond donors (Lipinski definition) is 2. The summed E-state index contributed by atoms with van der Waals surface area (Å²) in [7, 11) is 2.04. The van der Waals surface area contributed by atoms with E-state index in [1.807, 2.05) is 19.2 Å². The third-order valence-electron chi connectivity index (χ3n) is 3.78. The average molecular weight is 380 g/mol. The van der Waals surface area contributed by atoms with Crippen LogP contribution in [-0.2, 0) is 6.54 Å². The van der Waals surface area contributed by atoms with E-state index in [9.17, 15) is 4.79 Å². The Balaban J connectivity index is 1.60. The number of nitrogens with one attached hydrogen (secondary N) is 2. The number of carbonyl (C=O) groups is 1. The molecule has 0 aliphatic carbocycles. The van der Waals surface area contributed by atoms with E-state index in [0.717, 1.165) is 24.1 Å². The van der Waals surface area contributed by atoms with Crippen LogP contribution in [0.15, 0.2) is 33.3 Å². The van der Waals surface area contributed by atoms with Gasteiger partial charge in [0.2, 0.25) is 5.89 Å². The molecule has 122 valence electrons. The van der Waals surface area contributed by atoms with Crippen LogP contribution in [0.5, 0.6) is 0 Å². The Bertz CT molecular complexity index is 690. The Labute approximate surface area is 142 Å². The number of amides is 1. The van der Waals surface area contributed by atoms with Gasteiger partial charge in [0.1, 0.15) is 0 Å². The zero-order valence-electron chi connectivity index (χ0n) is 12.8. The zero-order valence-corrected chi connectivity index (χ0v) is 14.3. The van der Waals surface area contributed by atoms with Crippen molar-refractivity contribution < 1.29 is 9.32 Å². The third-order valence-corrected chi connectivity index (χ3v) is 4.27. The number of halogens is 1. The maximum Gasteiger partial charge on any atom is 0.251 e. The Morgan fingerprint density at radius 1 is 1.57 bits per heavy atom. The second kappa shape index (κ2) is 7.20. The van der Waals surface area contributed by atoms with Crippen LogP contribution in [-0.4, -0.2) is 47.6 Å². The lowest BCUT2D eigenvalue weighted by atomic mass is 10.2. The standard InChI is InChI=1S/C15H18BrN5O2/c1-21-6-5-17-8-12(21)14-19-13(23-20-14)9-18-15(22)10-3-2-4-11(16)7-10/h2-4,7,12,17H,5-6,8-9H2,1H3,(H,18,22). The fraction of sp³-hybridized carbons (Fsp3) is 0.400. The Hall–Kier alpha value is -1.77. The zero-order chi connectivity index (χ0) is 16.2. The molecule has 1 aliphatic heterocycles. The molecule has 1 fully saturated rings. The molecule has 7 nitrogen and oxygen atoms in total. The van der Waals surface area contributed by atoms with Crippen molar-refractivity contribution in [2.24, 2.45) is 0 Å². The maximum absolute atomic E-state index is 12.1. The van der Waals surface area contributed by atoms with E-state index in [4.69, 9.17) is 4.52 Å². The number of aromatic nitrogens is 2. The molecule has 1 atom stereocenters. The second-order valence-corrected chi connectivity index (χ2v) is 6.36. The van der Waals surface area contributed by atoms with Crippen molar-refractivity contribution in [1.82, 2.24) is 25.7 Å². The minimum Gasteiger partial charge on any atom is -0.343 e. The first-order valence-corrected chi connectivity index (χ1v) is 8.20. The molecule has 1 amide bonds. The van der Waals surface area contributed by atoms with E-state index in [1.165, 1.54) is 0 Å². The summed E-state index contributed by atoms with van der Waals surface area (Å²) in [5.41, 5.74) is 0.579. The number of rotatable bonds is 4. The number of benzene rings is 1. The molecule has 2 N–H and O–H groups in total. The summed E-state index contributed by atoms with van der Waals surface area (Å²) in [5, 5.41) is 10.1. The van der Waals surface area contributed by atoms with Gasteiger partial charge in [0.15, 0.2) is 5.82 Å². The van der Waals surface area contributed by atoms with Crippen molar-refractivity contribution in [3.63, 3.8) is 0 Å². The highest BCUT2D eigenvalue weighted by atomic mass is 79.9. The van der Waals surface area contributed by atoms with E-state index >= 15 is 0 Å². The number of nitrogens with zero attached hydrogens (tertiary/aromatic N) is 3. The Morgan fingerprint density at radius 3 is 3.22 bits per heavy atom. The van der Waals surface area contributed by atoms with Gasteiger partial charge in [-0.3, -0.25) is 9.69 Å². The molecule has 1 aliphatic rings. The van der Waals surface area contributed by atoms with Crippen molar-refractivity contribution in [3.05, 3.63) is 46.0 Å². The SMILES string of the molecule is CN1CCNCC1c1noc(CNC(=O)c2cccc(Br)c2)n1. The number of carbonyl (C=O) groups excluding carboxylic acids is 1. The molecule has 3 rings (SSSR count). The lowest BCUT2D eigenvalue weighted by Gasteiger charge is -2.30. The van der Waals surface area contributed by atoms with Crippen LogP contribution >= 0.6 is 15.9 Å². The molecule has 1 aromatic carbocycles. The molecule has 1 saturated heterocycles.